The molecule has 0 aromatic heterocycles. The fourth-order valence-electron chi connectivity index (χ4n) is 10.1. The van der Waals surface area contributed by atoms with Crippen LogP contribution >= 0.6 is 0 Å². The van der Waals surface area contributed by atoms with Crippen LogP contribution in [-0.4, -0.2) is 100.0 Å². The lowest BCUT2D eigenvalue weighted by Crippen LogP contribution is -2.18. The number of anilines is 8. The molecule has 10 aromatic carbocycles. The number of ether oxygens (including phenoxy) is 2. The Balaban J connectivity index is 0.000000200. The van der Waals surface area contributed by atoms with Crippen LogP contribution in [0.25, 0.3) is 0 Å². The molecular weight excluding hydrogens is 1320 g/mol. The average molecular weight is 1380 g/mol. The first-order valence-corrected chi connectivity index (χ1v) is 30.3. The monoisotopic (exact) mass is 1380 g/mol. The maximum Gasteiger partial charge on any atom is 0.346 e. The first-order chi connectivity index (χ1) is 48.8. The number of nitrogens with one attached hydrogen (secondary N) is 6. The van der Waals surface area contributed by atoms with Crippen molar-refractivity contribution in [2.24, 2.45) is 0 Å². The van der Waals surface area contributed by atoms with Crippen molar-refractivity contribution in [3.8, 4) is 0 Å². The van der Waals surface area contributed by atoms with Crippen LogP contribution in [-0.2, 0) is 9.47 Å². The molecule has 514 valence electrons. The lowest BCUT2D eigenvalue weighted by molar-refractivity contribution is 0.0425. The Morgan fingerprint density at radius 2 is 0.602 bits per heavy atom. The maximum atomic E-state index is 13.2. The molecule has 0 fully saturated rings. The fourth-order valence-corrected chi connectivity index (χ4v) is 10.1. The van der Waals surface area contributed by atoms with Gasteiger partial charge in [0.25, 0.3) is 29.5 Å². The number of carboxylic acid groups (broad SMARTS) is 2. The highest BCUT2D eigenvalue weighted by atomic mass is 16.6. The molecular formula is C77H58N8O18. The van der Waals surface area contributed by atoms with Gasteiger partial charge in [-0.2, -0.15) is 0 Å². The Hall–Kier alpha value is -14.8. The van der Waals surface area contributed by atoms with Crippen molar-refractivity contribution in [2.45, 2.75) is 14.4 Å². The number of carbonyl (C=O) groups is 14. The van der Waals surface area contributed by atoms with Crippen LogP contribution in [0.15, 0.2) is 218 Å². The van der Waals surface area contributed by atoms with Crippen LogP contribution in [0.2, 0.25) is 0 Å². The maximum absolute atomic E-state index is 13.2. The molecule has 2 heterocycles. The van der Waals surface area contributed by atoms with Gasteiger partial charge in [0.1, 0.15) is 0 Å². The second kappa shape index (κ2) is 31.6. The number of rotatable bonds is 18. The molecule has 0 spiro atoms. The van der Waals surface area contributed by atoms with E-state index in [0.717, 1.165) is 23.9 Å². The van der Waals surface area contributed by atoms with Gasteiger partial charge in [-0.15, -0.1) is 0 Å². The van der Waals surface area contributed by atoms with Crippen LogP contribution in [0.3, 0.4) is 0 Å². The third kappa shape index (κ3) is 17.3. The minimum absolute atomic E-state index is 0. The third-order valence-electron chi connectivity index (χ3n) is 15.4. The lowest BCUT2D eigenvalue weighted by Gasteiger charge is -2.11. The Labute approximate surface area is 584 Å². The number of hydrogen-bond donors (Lipinski definition) is 10. The van der Waals surface area contributed by atoms with E-state index in [9.17, 15) is 77.3 Å². The lowest BCUT2D eigenvalue weighted by atomic mass is 9.94. The second-order valence-electron chi connectivity index (χ2n) is 22.3. The molecule has 26 nitrogen and oxygen atoms in total. The van der Waals surface area contributed by atoms with E-state index in [0.29, 0.717) is 50.8 Å². The second-order valence-corrected chi connectivity index (χ2v) is 22.3. The van der Waals surface area contributed by atoms with Gasteiger partial charge in [0.15, 0.2) is 17.3 Å². The van der Waals surface area contributed by atoms with E-state index in [4.69, 9.17) is 11.5 Å². The van der Waals surface area contributed by atoms with Crippen molar-refractivity contribution in [1.29, 1.82) is 0 Å². The van der Waals surface area contributed by atoms with E-state index in [-0.39, 0.29) is 97.6 Å². The predicted molar refractivity (Wildman–Crippen MR) is 380 cm³/mol. The van der Waals surface area contributed by atoms with Crippen molar-refractivity contribution in [3.05, 3.63) is 307 Å². The number of esters is 4. The summed E-state index contributed by atoms with van der Waals surface area (Å²) in [4.78, 5) is 170. The molecule has 0 aliphatic carbocycles. The number of nitrogen functional groups attached to an aromatic ring is 2. The summed E-state index contributed by atoms with van der Waals surface area (Å²) in [5.74, 6) is -9.84. The smallest absolute Gasteiger partial charge is 0.346 e. The van der Waals surface area contributed by atoms with Gasteiger partial charge in [0.05, 0.1) is 38.9 Å². The molecule has 10 aromatic rings. The van der Waals surface area contributed by atoms with Crippen LogP contribution < -0.4 is 43.4 Å². The van der Waals surface area contributed by atoms with E-state index in [1.165, 1.54) is 85.8 Å². The van der Waals surface area contributed by atoms with Crippen molar-refractivity contribution < 1.29 is 86.8 Å². The van der Waals surface area contributed by atoms with Crippen molar-refractivity contribution in [1.82, 2.24) is 0 Å². The minimum atomic E-state index is -1.49. The van der Waals surface area contributed by atoms with Crippen LogP contribution in [0.1, 0.15) is 170 Å². The zero-order valence-electron chi connectivity index (χ0n) is 53.4. The van der Waals surface area contributed by atoms with Crippen LogP contribution in [0.5, 0.6) is 0 Å². The summed E-state index contributed by atoms with van der Waals surface area (Å²) < 4.78 is 8.94. The van der Waals surface area contributed by atoms with E-state index in [1.54, 1.807) is 128 Å². The normalized spacial score (nSPS) is 11.3. The number of ketones is 3. The van der Waals surface area contributed by atoms with Crippen molar-refractivity contribution in [3.63, 3.8) is 0 Å². The van der Waals surface area contributed by atoms with Crippen LogP contribution in [0, 0.1) is 0 Å². The Morgan fingerprint density at radius 3 is 0.951 bits per heavy atom. The molecule has 0 radical (unpaired) electrons. The van der Waals surface area contributed by atoms with Gasteiger partial charge in [-0.1, -0.05) is 43.8 Å². The number of hydrogen-bond acceptors (Lipinski definition) is 19. The van der Waals surface area contributed by atoms with Crippen molar-refractivity contribution >= 4 is 128 Å². The van der Waals surface area contributed by atoms with Crippen molar-refractivity contribution in [2.75, 3.05) is 50.4 Å². The van der Waals surface area contributed by atoms with Gasteiger partial charge in [-0.05, 0) is 189 Å². The highest BCUT2D eigenvalue weighted by molar-refractivity contribution is 6.20. The summed E-state index contributed by atoms with van der Waals surface area (Å²) in [6, 6.07) is 54.4. The largest absolute Gasteiger partial charge is 0.478 e. The van der Waals surface area contributed by atoms with Gasteiger partial charge in [0, 0.05) is 103 Å². The molecule has 0 saturated heterocycles. The Bertz CT molecular complexity index is 5010. The molecule has 0 bridgehead atoms. The SMILES string of the molecule is C.CNc1ccc(C(=O)Nc2cccc(NC(=O)c3ccc(NC(=O)c4ccc(C(=O)c5ccc(C(C)=O)c(C(=O)O)c5)cc4C(=O)O)cc3)c2)cc1.Nc1ccc(C(=O)Nc2cccc(NC(=O)c3ccc(N)cc3)c2)cc1.O=C(c1ccc2c(c1)C(=O)OC2=O)c1ccc2c(c1)C(=O)OC2=O. The zero-order chi connectivity index (χ0) is 73.1. The number of Topliss-reactive ketones (excluding diaryl/α,β-unsaturated/α-hetero) is 1. The number of cyclic esters (lactones) is 4. The highest BCUT2D eigenvalue weighted by Gasteiger charge is 2.33. The Morgan fingerprint density at radius 1 is 0.311 bits per heavy atom. The summed E-state index contributed by atoms with van der Waals surface area (Å²) in [6.45, 7) is 1.19. The molecule has 0 saturated carbocycles. The molecule has 12 N–H and O–H groups in total. The molecule has 103 heavy (non-hydrogen) atoms. The number of nitrogens with two attached hydrogens (primary N) is 2. The third-order valence-corrected chi connectivity index (χ3v) is 15.4. The van der Waals surface area contributed by atoms with E-state index in [2.05, 4.69) is 41.4 Å². The fraction of sp³-hybridized carbons (Fsp3) is 0.0390. The number of carboxylic acids is 2. The Kier molecular flexibility index (Phi) is 22.2. The average Bonchev–Trinajstić information content (AvgIpc) is 1.76. The van der Waals surface area contributed by atoms with Gasteiger partial charge >= 0.3 is 35.8 Å². The number of carbonyl (C=O) groups excluding carboxylic acids is 12. The predicted octanol–water partition coefficient (Wildman–Crippen LogP) is 11.8. The van der Waals surface area contributed by atoms with Gasteiger partial charge in [-0.3, -0.25) is 38.4 Å². The molecule has 2 aliphatic heterocycles. The molecule has 12 rings (SSSR count). The molecule has 26 heteroatoms. The molecule has 2 aliphatic rings. The standard InChI is InChI=1S/C39H30N4O9.C20H18N4O2.C17H6O7.CH4/c1-21(44)30-16-10-24(18-32(30)38(49)50)34(45)25-11-17-31(33(19-25)39(51)52)37(48)41-27-14-8-23(9-15-27)36(47)43-29-5-3-4-28(20-29)42-35(46)22-6-12-26(40-2)13-7-22;21-15-8-4-13(5-9-15)19(25)23-17-2-1-3-18(12-17)24-20(26)14-6-10-16(22)11-7-14;18-13(7-1-3-9-11(5-7)16(21)23-14(9)19)8-2-4-10-12(6-8)17(22)24-15(10)20;/h3-20,40H,1-2H3,(H,41,48)(H,42,46)(H,43,47)(H,49,50)(H,51,52);1-12H,21-22H2,(H,23,25)(H,24,26);1-6H;1H4. The summed E-state index contributed by atoms with van der Waals surface area (Å²) >= 11 is 0. The first kappa shape index (κ1) is 72.4. The summed E-state index contributed by atoms with van der Waals surface area (Å²) in [7, 11) is 1.78. The summed E-state index contributed by atoms with van der Waals surface area (Å²) in [5, 5.41) is 36.0. The van der Waals surface area contributed by atoms with Crippen LogP contribution in [0.4, 0.5) is 45.5 Å². The van der Waals surface area contributed by atoms with E-state index >= 15 is 0 Å². The van der Waals surface area contributed by atoms with Gasteiger partial charge in [-0.25, -0.2) is 28.8 Å². The topological polar surface area (TPSA) is 422 Å². The van der Waals surface area contributed by atoms with Gasteiger partial charge < -0.3 is 63.1 Å². The number of fused-ring (bicyclic) bond motifs is 2. The quantitative estimate of drug-likeness (QED) is 0.0165. The molecule has 0 unspecified atom stereocenters. The zero-order valence-corrected chi connectivity index (χ0v) is 53.4. The number of benzene rings is 10. The van der Waals surface area contributed by atoms with Gasteiger partial charge in [0.2, 0.25) is 0 Å². The molecule has 0 atom stereocenters. The first-order valence-electron chi connectivity index (χ1n) is 30.3. The van der Waals surface area contributed by atoms with E-state index < -0.39 is 70.5 Å². The highest BCUT2D eigenvalue weighted by Crippen LogP contribution is 2.28. The summed E-state index contributed by atoms with van der Waals surface area (Å²) in [6.07, 6.45) is 0. The molecule has 5 amide bonds. The number of aromatic carboxylic acids is 2. The number of amides is 5. The minimum Gasteiger partial charge on any atom is -0.478 e. The van der Waals surface area contributed by atoms with E-state index in [1.807, 2.05) is 0 Å². The summed E-state index contributed by atoms with van der Waals surface area (Å²) in [5.41, 5.74) is 16.4.